The summed E-state index contributed by atoms with van der Waals surface area (Å²) in [7, 11) is 1.58. The lowest BCUT2D eigenvalue weighted by atomic mass is 10.0. The molecule has 1 N–H and O–H groups in total. The minimum Gasteiger partial charge on any atom is -0.387 e. The van der Waals surface area contributed by atoms with Crippen molar-refractivity contribution in [3.63, 3.8) is 0 Å². The van der Waals surface area contributed by atoms with Gasteiger partial charge in [-0.3, -0.25) is 4.40 Å². The second kappa shape index (κ2) is 3.92. The van der Waals surface area contributed by atoms with E-state index < -0.39 is 5.60 Å². The number of aliphatic hydroxyl groups is 1. The van der Waals surface area contributed by atoms with E-state index in [0.29, 0.717) is 13.0 Å². The monoisotopic (exact) mass is 226 g/mol. The fraction of sp³-hybridized carbons (Fsp3) is 0.500. The maximum Gasteiger partial charge on any atom is 0.193 e. The Morgan fingerprint density at radius 2 is 2.47 bits per heavy atom. The summed E-state index contributed by atoms with van der Waals surface area (Å²) in [5.74, 6) is 0. The summed E-state index contributed by atoms with van der Waals surface area (Å²) in [5.41, 5.74) is 0.0441. The first-order valence-electron chi connectivity index (χ1n) is 4.73. The smallest absolute Gasteiger partial charge is 0.193 e. The van der Waals surface area contributed by atoms with Crippen LogP contribution >= 0.6 is 11.3 Å². The van der Waals surface area contributed by atoms with Crippen molar-refractivity contribution in [2.45, 2.75) is 18.9 Å². The van der Waals surface area contributed by atoms with Gasteiger partial charge in [-0.1, -0.05) is 0 Å². The van der Waals surface area contributed by atoms with Gasteiger partial charge in [-0.05, 0) is 6.92 Å². The zero-order valence-corrected chi connectivity index (χ0v) is 9.62. The highest BCUT2D eigenvalue weighted by Gasteiger charge is 2.22. The first kappa shape index (κ1) is 10.6. The maximum atomic E-state index is 9.96. The molecule has 0 fully saturated rings. The Morgan fingerprint density at radius 3 is 3.13 bits per heavy atom. The van der Waals surface area contributed by atoms with Crippen LogP contribution in [0.3, 0.4) is 0 Å². The minimum atomic E-state index is -0.848. The molecule has 0 amide bonds. The molecule has 2 rings (SSSR count). The van der Waals surface area contributed by atoms with Gasteiger partial charge in [0, 0.05) is 31.3 Å². The highest BCUT2D eigenvalue weighted by Crippen LogP contribution is 2.16. The number of nitrogens with zero attached hydrogens (tertiary/aromatic N) is 2. The van der Waals surface area contributed by atoms with Gasteiger partial charge < -0.3 is 9.84 Å². The fourth-order valence-electron chi connectivity index (χ4n) is 1.61. The fourth-order valence-corrected chi connectivity index (χ4v) is 2.33. The van der Waals surface area contributed by atoms with Crippen LogP contribution in [0.1, 0.15) is 12.6 Å². The summed E-state index contributed by atoms with van der Waals surface area (Å²) in [6, 6.07) is 0. The Labute approximate surface area is 92.1 Å². The predicted octanol–water partition coefficient (Wildman–Crippen LogP) is 1.34. The van der Waals surface area contributed by atoms with E-state index in [9.17, 15) is 5.11 Å². The molecular weight excluding hydrogens is 212 g/mol. The number of aromatic nitrogens is 2. The van der Waals surface area contributed by atoms with Crippen molar-refractivity contribution in [1.82, 2.24) is 9.38 Å². The van der Waals surface area contributed by atoms with Crippen LogP contribution in [-0.2, 0) is 11.2 Å². The highest BCUT2D eigenvalue weighted by atomic mass is 32.1. The molecule has 2 aromatic heterocycles. The molecule has 0 aliphatic carbocycles. The van der Waals surface area contributed by atoms with E-state index in [-0.39, 0.29) is 0 Å². The van der Waals surface area contributed by atoms with Crippen molar-refractivity contribution in [1.29, 1.82) is 0 Å². The number of imidazole rings is 1. The van der Waals surface area contributed by atoms with Crippen LogP contribution < -0.4 is 0 Å². The Balaban J connectivity index is 2.15. The molecule has 0 aliphatic rings. The van der Waals surface area contributed by atoms with E-state index >= 15 is 0 Å². The van der Waals surface area contributed by atoms with Gasteiger partial charge in [0.05, 0.1) is 17.9 Å². The summed E-state index contributed by atoms with van der Waals surface area (Å²) < 4.78 is 6.91. The van der Waals surface area contributed by atoms with Gasteiger partial charge in [0.2, 0.25) is 0 Å². The average molecular weight is 226 g/mol. The van der Waals surface area contributed by atoms with Crippen molar-refractivity contribution < 1.29 is 9.84 Å². The standard InChI is InChI=1S/C10H14N2O2S/c1-10(13,7-14-2)5-8-6-12-3-4-15-9(12)11-8/h3-4,6,13H,5,7H2,1-2H3. The van der Waals surface area contributed by atoms with Gasteiger partial charge >= 0.3 is 0 Å². The molecule has 1 atom stereocenters. The van der Waals surface area contributed by atoms with Crippen LogP contribution in [0.15, 0.2) is 17.8 Å². The van der Waals surface area contributed by atoms with E-state index in [1.54, 1.807) is 25.4 Å². The quantitative estimate of drug-likeness (QED) is 0.855. The molecule has 0 aromatic carbocycles. The predicted molar refractivity (Wildman–Crippen MR) is 59.3 cm³/mol. The second-order valence-electron chi connectivity index (χ2n) is 3.93. The summed E-state index contributed by atoms with van der Waals surface area (Å²) in [4.78, 5) is 5.36. The molecule has 0 radical (unpaired) electrons. The van der Waals surface area contributed by atoms with Crippen LogP contribution in [0.25, 0.3) is 4.96 Å². The molecule has 0 bridgehead atoms. The van der Waals surface area contributed by atoms with E-state index in [2.05, 4.69) is 4.98 Å². The lowest BCUT2D eigenvalue weighted by molar-refractivity contribution is -0.0166. The maximum absolute atomic E-state index is 9.96. The average Bonchev–Trinajstić information content (AvgIpc) is 2.61. The minimum absolute atomic E-state index is 0.318. The van der Waals surface area contributed by atoms with Crippen LogP contribution in [-0.4, -0.2) is 33.8 Å². The number of rotatable bonds is 4. The third kappa shape index (κ3) is 2.37. The summed E-state index contributed by atoms with van der Waals surface area (Å²) in [6.45, 7) is 2.07. The number of fused-ring (bicyclic) bond motifs is 1. The molecule has 82 valence electrons. The largest absolute Gasteiger partial charge is 0.387 e. The van der Waals surface area contributed by atoms with E-state index in [1.165, 1.54) is 0 Å². The molecular formula is C10H14N2O2S. The highest BCUT2D eigenvalue weighted by molar-refractivity contribution is 7.15. The molecule has 2 aromatic rings. The molecule has 4 nitrogen and oxygen atoms in total. The Hall–Kier alpha value is -0.910. The van der Waals surface area contributed by atoms with Crippen molar-refractivity contribution in [3.8, 4) is 0 Å². The molecule has 5 heteroatoms. The number of thiazole rings is 1. The number of hydrogen-bond donors (Lipinski definition) is 1. The van der Waals surface area contributed by atoms with Gasteiger partial charge in [0.25, 0.3) is 0 Å². The molecule has 0 spiro atoms. The number of hydrogen-bond acceptors (Lipinski definition) is 4. The van der Waals surface area contributed by atoms with E-state index in [1.807, 2.05) is 22.2 Å². The van der Waals surface area contributed by atoms with Crippen molar-refractivity contribution in [2.75, 3.05) is 13.7 Å². The molecule has 0 aliphatic heterocycles. The van der Waals surface area contributed by atoms with E-state index in [4.69, 9.17) is 4.74 Å². The third-order valence-corrected chi connectivity index (χ3v) is 2.93. The van der Waals surface area contributed by atoms with Crippen molar-refractivity contribution >= 4 is 16.3 Å². The van der Waals surface area contributed by atoms with Gasteiger partial charge in [0.1, 0.15) is 0 Å². The first-order valence-corrected chi connectivity index (χ1v) is 5.61. The SMILES string of the molecule is COCC(C)(O)Cc1cn2ccsc2n1. The molecule has 2 heterocycles. The topological polar surface area (TPSA) is 46.8 Å². The van der Waals surface area contributed by atoms with Crippen LogP contribution in [0, 0.1) is 0 Å². The Morgan fingerprint density at radius 1 is 1.67 bits per heavy atom. The molecule has 0 saturated carbocycles. The lowest BCUT2D eigenvalue weighted by Crippen LogP contribution is -2.32. The summed E-state index contributed by atoms with van der Waals surface area (Å²) in [5, 5.41) is 11.9. The Bertz CT molecular complexity index is 418. The Kier molecular flexibility index (Phi) is 2.77. The second-order valence-corrected chi connectivity index (χ2v) is 4.80. The molecule has 1 unspecified atom stereocenters. The third-order valence-electron chi connectivity index (χ3n) is 2.16. The summed E-state index contributed by atoms with van der Waals surface area (Å²) >= 11 is 1.59. The van der Waals surface area contributed by atoms with Crippen molar-refractivity contribution in [3.05, 3.63) is 23.5 Å². The molecule has 15 heavy (non-hydrogen) atoms. The summed E-state index contributed by atoms with van der Waals surface area (Å²) in [6.07, 6.45) is 4.41. The van der Waals surface area contributed by atoms with Crippen LogP contribution in [0.4, 0.5) is 0 Å². The lowest BCUT2D eigenvalue weighted by Gasteiger charge is -2.20. The van der Waals surface area contributed by atoms with Crippen LogP contribution in [0.2, 0.25) is 0 Å². The van der Waals surface area contributed by atoms with Gasteiger partial charge in [-0.2, -0.15) is 0 Å². The zero-order valence-electron chi connectivity index (χ0n) is 8.80. The van der Waals surface area contributed by atoms with Crippen LogP contribution in [0.5, 0.6) is 0 Å². The number of ether oxygens (including phenoxy) is 1. The van der Waals surface area contributed by atoms with Gasteiger partial charge in [-0.15, -0.1) is 11.3 Å². The zero-order chi connectivity index (χ0) is 10.9. The normalized spacial score (nSPS) is 15.7. The molecule has 0 saturated heterocycles. The number of methoxy groups -OCH3 is 1. The van der Waals surface area contributed by atoms with Gasteiger partial charge in [-0.25, -0.2) is 4.98 Å². The van der Waals surface area contributed by atoms with Crippen molar-refractivity contribution in [2.24, 2.45) is 0 Å². The first-order chi connectivity index (χ1) is 7.11. The van der Waals surface area contributed by atoms with E-state index in [0.717, 1.165) is 10.7 Å². The van der Waals surface area contributed by atoms with Gasteiger partial charge in [0.15, 0.2) is 4.96 Å².